The minimum atomic E-state index is -1.94. The van der Waals surface area contributed by atoms with Gasteiger partial charge in [0.15, 0.2) is 0 Å². The molecule has 0 aliphatic heterocycles. The average Bonchev–Trinajstić information content (AvgIpc) is 1.88. The van der Waals surface area contributed by atoms with Crippen LogP contribution in [-0.2, 0) is 9.59 Å². The Balaban J connectivity index is -0.0000000138. The van der Waals surface area contributed by atoms with Crippen LogP contribution >= 0.6 is 0 Å². The largest absolute Gasteiger partial charge is 1.00 e. The molecule has 3 N–H and O–H groups in total. The van der Waals surface area contributed by atoms with Gasteiger partial charge in [0.2, 0.25) is 0 Å². The average molecular weight is 470 g/mol. The summed E-state index contributed by atoms with van der Waals surface area (Å²) in [5.74, 6) is 0.167. The zero-order chi connectivity index (χ0) is 10.6. The molecule has 0 spiro atoms. The zero-order valence-corrected chi connectivity index (χ0v) is 14.9. The Morgan fingerprint density at radius 1 is 1.50 bits per heavy atom. The van der Waals surface area contributed by atoms with Crippen LogP contribution in [0.15, 0.2) is 0 Å². The van der Waals surface area contributed by atoms with E-state index in [2.05, 4.69) is 0 Å². The molecule has 0 aromatic heterocycles. The molecule has 0 amide bonds. The van der Waals surface area contributed by atoms with Gasteiger partial charge in [0.1, 0.15) is 12.1 Å². The number of aliphatic hydroxyl groups excluding tert-OH is 1. The number of rotatable bonds is 1. The van der Waals surface area contributed by atoms with Crippen LogP contribution in [0, 0.1) is 6.43 Å². The Morgan fingerprint density at radius 2 is 1.57 bits per heavy atom. The van der Waals surface area contributed by atoms with Gasteiger partial charge < -0.3 is 31.8 Å². The van der Waals surface area contributed by atoms with E-state index in [4.69, 9.17) is 9.90 Å². The van der Waals surface area contributed by atoms with Crippen LogP contribution in [0.25, 0.3) is 0 Å². The smallest absolute Gasteiger partial charge is 0.126 e. The quantitative estimate of drug-likeness (QED) is 0.450. The molecule has 0 fully saturated rings. The SMILES string of the molecule is CC(C)=O.CC=O.O.OC[C-](F)F.[H-].[H-].[Rf]. The predicted octanol–water partition coefficient (Wildman–Crippen LogP) is 0.608. The monoisotopic (exact) mass is 470 g/mol. The van der Waals surface area contributed by atoms with Gasteiger partial charge >= 0.3 is 0 Å². The number of aldehydes is 1. The minimum absolute atomic E-state index is 0. The first-order valence-corrected chi connectivity index (χ1v) is 3.06. The van der Waals surface area contributed by atoms with Crippen molar-refractivity contribution in [3.05, 3.63) is 6.43 Å². The maximum atomic E-state index is 10.4. The summed E-state index contributed by atoms with van der Waals surface area (Å²) in [5.41, 5.74) is 0. The molecule has 4 nitrogen and oxygen atoms in total. The number of carbonyl (C=O) groups excluding carboxylic acids is 2. The van der Waals surface area contributed by atoms with Crippen LogP contribution in [0.2, 0.25) is 0 Å². The van der Waals surface area contributed by atoms with Crippen LogP contribution in [0.5, 0.6) is 0 Å². The van der Waals surface area contributed by atoms with Gasteiger partial charge in [-0.25, -0.2) is 0 Å². The molecule has 0 aliphatic carbocycles. The second kappa shape index (κ2) is 30.4. The van der Waals surface area contributed by atoms with E-state index < -0.39 is 13.0 Å². The fraction of sp³-hybridized carbons (Fsp3) is 0.571. The van der Waals surface area contributed by atoms with Crippen LogP contribution in [0.1, 0.15) is 23.6 Å². The van der Waals surface area contributed by atoms with Crippen LogP contribution in [0.4, 0.5) is 8.78 Å². The minimum Gasteiger partial charge on any atom is -1.00 e. The van der Waals surface area contributed by atoms with Crippen LogP contribution in [0.3, 0.4) is 0 Å². The van der Waals surface area contributed by atoms with Crippen molar-refractivity contribution in [3.63, 3.8) is 0 Å². The predicted molar refractivity (Wildman–Crippen MR) is 46.5 cm³/mol. The standard InChI is InChI=1S/C3H6O.C2H3F2O.C2H4O.H2O.Rf.2H/c1-3(2)4;3-2(4)1-5;1-2-3;;;;/h1-2H3;5H,1H2;2H,1H3;1H2;;;/q;-1;;;;2*-1. The van der Waals surface area contributed by atoms with Crippen molar-refractivity contribution in [3.8, 4) is 0 Å². The van der Waals surface area contributed by atoms with Gasteiger partial charge in [-0.3, -0.25) is 0 Å². The first-order chi connectivity index (χ1) is 5.42. The number of carbonyl (C=O) groups is 2. The van der Waals surface area contributed by atoms with Crippen molar-refractivity contribution >= 4 is 12.1 Å². The molecule has 0 heterocycles. The molecule has 14 heavy (non-hydrogen) atoms. The topological polar surface area (TPSA) is 85.9 Å². The molecule has 7 heteroatoms. The van der Waals surface area contributed by atoms with Crippen molar-refractivity contribution < 1.29 is 31.8 Å². The van der Waals surface area contributed by atoms with Gasteiger partial charge in [0.25, 0.3) is 0 Å². The normalized spacial score (nSPS) is 6.21. The van der Waals surface area contributed by atoms with Gasteiger partial charge in [0.05, 0.1) is 0 Å². The summed E-state index contributed by atoms with van der Waals surface area (Å²) in [6.45, 7) is 3.39. The van der Waals surface area contributed by atoms with E-state index in [9.17, 15) is 13.6 Å². The molecule has 88 valence electrons. The Morgan fingerprint density at radius 3 is 1.57 bits per heavy atom. The zero-order valence-electron chi connectivity index (χ0n) is 10.5. The Bertz CT molecular complexity index is 117. The third-order valence-corrected chi connectivity index (χ3v) is 0.120. The van der Waals surface area contributed by atoms with Crippen LogP contribution < -0.4 is 0 Å². The van der Waals surface area contributed by atoms with E-state index in [1.54, 1.807) is 0 Å². The fourth-order valence-electron chi connectivity index (χ4n) is 0. The molecular weight excluding hydrogens is 453 g/mol. The van der Waals surface area contributed by atoms with E-state index in [0.717, 1.165) is 6.29 Å². The van der Waals surface area contributed by atoms with Gasteiger partial charge in [-0.15, -0.1) is 0 Å². The van der Waals surface area contributed by atoms with Gasteiger partial charge in [0, 0.05) is 6.43 Å². The van der Waals surface area contributed by atoms with E-state index in [1.807, 2.05) is 0 Å². The van der Waals surface area contributed by atoms with E-state index >= 15 is 0 Å². The molecule has 0 unspecified atom stereocenters. The first kappa shape index (κ1) is 29.6. The van der Waals surface area contributed by atoms with Gasteiger partial charge in [-0.05, 0) is 27.4 Å². The maximum absolute atomic E-state index is 10.4. The molecule has 0 aliphatic rings. The summed E-state index contributed by atoms with van der Waals surface area (Å²) in [5, 5.41) is 7.36. The molecule has 0 aromatic rings. The number of ketones is 1. The number of Topliss-reactive ketones (excluding diaryl/α,β-unsaturated/α-hetero) is 1. The van der Waals surface area contributed by atoms with Gasteiger partial charge in [-0.2, -0.15) is 0 Å². The molecule has 0 atom stereocenters. The molecule has 0 aromatic carbocycles. The fourth-order valence-corrected chi connectivity index (χ4v) is 0. The molecule has 0 radical (unpaired) electrons. The van der Waals surface area contributed by atoms with Crippen molar-refractivity contribution in [1.29, 1.82) is 0 Å². The third kappa shape index (κ3) is 58500. The second-order valence-electron chi connectivity index (χ2n) is 1.64. The summed E-state index contributed by atoms with van der Waals surface area (Å²) in [4.78, 5) is 18.2. The van der Waals surface area contributed by atoms with Crippen LogP contribution in [-0.4, -0.2) is 29.3 Å². The van der Waals surface area contributed by atoms with E-state index in [1.165, 1.54) is 20.8 Å². The first-order valence-electron chi connectivity index (χ1n) is 3.06. The Hall–Kier alpha value is -1.88. The summed E-state index contributed by atoms with van der Waals surface area (Å²) in [6.07, 6.45) is -1.19. The molecule has 0 saturated carbocycles. The van der Waals surface area contributed by atoms with Gasteiger partial charge in [-0.1, -0.05) is 0 Å². The summed E-state index contributed by atoms with van der Waals surface area (Å²) >= 11 is 0. The number of hydrogen-bond acceptors (Lipinski definition) is 3. The third-order valence-electron chi connectivity index (χ3n) is 0.120. The van der Waals surface area contributed by atoms with Crippen molar-refractivity contribution in [2.75, 3.05) is 6.61 Å². The Labute approximate surface area is 78.8 Å². The van der Waals surface area contributed by atoms with Crippen molar-refractivity contribution in [1.82, 2.24) is 0 Å². The number of hydrogen-bond donors (Lipinski definition) is 1. The van der Waals surface area contributed by atoms with E-state index in [-0.39, 0.29) is 14.1 Å². The summed E-state index contributed by atoms with van der Waals surface area (Å²) in [7, 11) is 0. The number of halogens is 2. The number of aliphatic hydroxyl groups is 1. The molecule has 0 rings (SSSR count). The van der Waals surface area contributed by atoms with E-state index in [0.29, 0.717) is 0 Å². The van der Waals surface area contributed by atoms with Crippen molar-refractivity contribution in [2.24, 2.45) is 0 Å². The maximum Gasteiger partial charge on any atom is 0.126 e. The molecular formula is C7H17F2O4Rf-3. The summed E-state index contributed by atoms with van der Waals surface area (Å²) < 4.78 is 20.9. The Kier molecular flexibility index (Phi) is 64.2. The molecule has 0 bridgehead atoms. The molecule has 0 saturated heterocycles. The second-order valence-corrected chi connectivity index (χ2v) is 1.64. The van der Waals surface area contributed by atoms with Crippen molar-refractivity contribution in [2.45, 2.75) is 20.8 Å². The summed E-state index contributed by atoms with van der Waals surface area (Å²) in [6, 6.07) is 0.